The number of benzene rings is 1. The summed E-state index contributed by atoms with van der Waals surface area (Å²) >= 11 is 1.76. The van der Waals surface area contributed by atoms with Crippen molar-refractivity contribution < 1.29 is 9.18 Å². The summed E-state index contributed by atoms with van der Waals surface area (Å²) in [5, 5.41) is 2.09. The normalized spacial score (nSPS) is 16.1. The summed E-state index contributed by atoms with van der Waals surface area (Å²) in [6.07, 6.45) is 3.02. The number of hydrogen-bond donors (Lipinski definition) is 0. The van der Waals surface area contributed by atoms with Crippen LogP contribution in [-0.4, -0.2) is 41.9 Å². The highest BCUT2D eigenvalue weighted by molar-refractivity contribution is 7.09. The largest absolute Gasteiger partial charge is 0.337 e. The molecule has 1 aliphatic heterocycles. The number of amides is 1. The molecule has 1 amide bonds. The highest BCUT2D eigenvalue weighted by Crippen LogP contribution is 2.14. The predicted molar refractivity (Wildman–Crippen MR) is 91.6 cm³/mol. The van der Waals surface area contributed by atoms with Gasteiger partial charge in [-0.15, -0.1) is 11.3 Å². The zero-order chi connectivity index (χ0) is 16.1. The molecule has 2 aromatic rings. The number of hydrogen-bond acceptors (Lipinski definition) is 3. The van der Waals surface area contributed by atoms with Gasteiger partial charge in [0.05, 0.1) is 0 Å². The molecule has 0 spiro atoms. The molecular weight excluding hydrogens is 311 g/mol. The van der Waals surface area contributed by atoms with Gasteiger partial charge in [0.15, 0.2) is 0 Å². The average molecular weight is 330 g/mol. The van der Waals surface area contributed by atoms with Crippen LogP contribution in [0.4, 0.5) is 4.39 Å². The van der Waals surface area contributed by atoms with E-state index in [0.29, 0.717) is 18.7 Å². The van der Waals surface area contributed by atoms with Gasteiger partial charge in [0.1, 0.15) is 5.82 Å². The molecule has 3 rings (SSSR count). The molecule has 0 unspecified atom stereocenters. The molecule has 0 aliphatic carbocycles. The van der Waals surface area contributed by atoms with E-state index < -0.39 is 0 Å². The summed E-state index contributed by atoms with van der Waals surface area (Å²) < 4.78 is 13.5. The van der Waals surface area contributed by atoms with Gasteiger partial charge in [-0.1, -0.05) is 24.3 Å². The van der Waals surface area contributed by atoms with Gasteiger partial charge in [-0.2, -0.15) is 0 Å². The molecule has 2 heterocycles. The van der Waals surface area contributed by atoms with Crippen LogP contribution in [0.3, 0.4) is 0 Å². The van der Waals surface area contributed by atoms with Gasteiger partial charge >= 0.3 is 0 Å². The number of piperazine rings is 1. The van der Waals surface area contributed by atoms with Crippen molar-refractivity contribution in [2.75, 3.05) is 26.2 Å². The third kappa shape index (κ3) is 4.27. The molecule has 1 aromatic heterocycles. The van der Waals surface area contributed by atoms with Crippen LogP contribution in [0.15, 0.2) is 47.9 Å². The molecule has 120 valence electrons. The van der Waals surface area contributed by atoms with Crippen LogP contribution in [0, 0.1) is 5.82 Å². The minimum Gasteiger partial charge on any atom is -0.337 e. The second-order valence-electron chi connectivity index (χ2n) is 5.54. The Kier molecular flexibility index (Phi) is 5.20. The molecule has 1 aromatic carbocycles. The minimum atomic E-state index is -0.308. The molecule has 23 heavy (non-hydrogen) atoms. The van der Waals surface area contributed by atoms with Crippen molar-refractivity contribution >= 4 is 23.3 Å². The molecule has 1 aliphatic rings. The van der Waals surface area contributed by atoms with Crippen LogP contribution in [0.5, 0.6) is 0 Å². The third-order valence-corrected chi connectivity index (χ3v) is 4.82. The summed E-state index contributed by atoms with van der Waals surface area (Å²) in [4.78, 5) is 17.7. The van der Waals surface area contributed by atoms with Crippen LogP contribution in [0.2, 0.25) is 0 Å². The number of carbonyl (C=O) groups excluding carboxylic acids is 1. The van der Waals surface area contributed by atoms with Gasteiger partial charge in [0.2, 0.25) is 5.91 Å². The molecule has 0 bridgehead atoms. The molecule has 0 atom stereocenters. The van der Waals surface area contributed by atoms with E-state index in [9.17, 15) is 9.18 Å². The molecule has 0 radical (unpaired) electrons. The van der Waals surface area contributed by atoms with Crippen LogP contribution in [-0.2, 0) is 11.3 Å². The number of nitrogens with zero attached hydrogens (tertiary/aromatic N) is 2. The molecule has 5 heteroatoms. The zero-order valence-corrected chi connectivity index (χ0v) is 13.6. The van der Waals surface area contributed by atoms with Crippen molar-refractivity contribution in [3.05, 3.63) is 64.1 Å². The lowest BCUT2D eigenvalue weighted by Gasteiger charge is -2.33. The van der Waals surface area contributed by atoms with Crippen molar-refractivity contribution in [2.45, 2.75) is 6.54 Å². The smallest absolute Gasteiger partial charge is 0.246 e. The fourth-order valence-corrected chi connectivity index (χ4v) is 3.37. The summed E-state index contributed by atoms with van der Waals surface area (Å²) in [7, 11) is 0. The first-order valence-corrected chi connectivity index (χ1v) is 8.56. The van der Waals surface area contributed by atoms with E-state index in [4.69, 9.17) is 0 Å². The summed E-state index contributed by atoms with van der Waals surface area (Å²) in [6.45, 7) is 4.12. The van der Waals surface area contributed by atoms with Crippen molar-refractivity contribution in [2.24, 2.45) is 0 Å². The lowest BCUT2D eigenvalue weighted by Crippen LogP contribution is -2.47. The minimum absolute atomic E-state index is 0.0518. The number of rotatable bonds is 4. The Bertz CT molecular complexity index is 676. The SMILES string of the molecule is O=C(/C=C/c1ccccc1F)N1CCN(Cc2cccs2)CC1. The maximum atomic E-state index is 13.5. The molecular formula is C18H19FN2OS. The Labute approximate surface area is 139 Å². The first-order chi connectivity index (χ1) is 11.2. The maximum absolute atomic E-state index is 13.5. The number of halogens is 1. The second kappa shape index (κ2) is 7.53. The Morgan fingerprint density at radius 1 is 1.13 bits per heavy atom. The Hall–Kier alpha value is -1.98. The van der Waals surface area contributed by atoms with E-state index in [1.165, 1.54) is 17.0 Å². The lowest BCUT2D eigenvalue weighted by atomic mass is 10.2. The summed E-state index contributed by atoms with van der Waals surface area (Å²) in [5.74, 6) is -0.360. The van der Waals surface area contributed by atoms with Gasteiger partial charge < -0.3 is 4.90 Å². The molecule has 0 N–H and O–H groups in total. The van der Waals surface area contributed by atoms with Gasteiger partial charge in [-0.3, -0.25) is 9.69 Å². The molecule has 1 saturated heterocycles. The Morgan fingerprint density at radius 3 is 2.61 bits per heavy atom. The van der Waals surface area contributed by atoms with Crippen molar-refractivity contribution in [3.8, 4) is 0 Å². The molecule has 0 saturated carbocycles. The van der Waals surface area contributed by atoms with E-state index in [0.717, 1.165) is 19.6 Å². The van der Waals surface area contributed by atoms with Gasteiger partial charge in [-0.05, 0) is 23.6 Å². The van der Waals surface area contributed by atoms with Gasteiger partial charge in [0.25, 0.3) is 0 Å². The maximum Gasteiger partial charge on any atom is 0.246 e. The van der Waals surface area contributed by atoms with E-state index in [-0.39, 0.29) is 11.7 Å². The zero-order valence-electron chi connectivity index (χ0n) is 12.8. The fourth-order valence-electron chi connectivity index (χ4n) is 2.63. The average Bonchev–Trinajstić information content (AvgIpc) is 3.07. The predicted octanol–water partition coefficient (Wildman–Crippen LogP) is 3.24. The van der Waals surface area contributed by atoms with E-state index >= 15 is 0 Å². The fraction of sp³-hybridized carbons (Fsp3) is 0.278. The summed E-state index contributed by atoms with van der Waals surface area (Å²) in [5.41, 5.74) is 0.442. The monoisotopic (exact) mass is 330 g/mol. The van der Waals surface area contributed by atoms with E-state index in [1.807, 2.05) is 4.90 Å². The van der Waals surface area contributed by atoms with E-state index in [2.05, 4.69) is 22.4 Å². The second-order valence-corrected chi connectivity index (χ2v) is 6.57. The van der Waals surface area contributed by atoms with Crippen molar-refractivity contribution in [1.82, 2.24) is 9.80 Å². The van der Waals surface area contributed by atoms with Crippen LogP contribution < -0.4 is 0 Å². The highest BCUT2D eigenvalue weighted by Gasteiger charge is 2.19. The molecule has 1 fully saturated rings. The van der Waals surface area contributed by atoms with Gasteiger partial charge in [0, 0.05) is 49.2 Å². The van der Waals surface area contributed by atoms with E-state index in [1.54, 1.807) is 35.6 Å². The van der Waals surface area contributed by atoms with Crippen molar-refractivity contribution in [3.63, 3.8) is 0 Å². The standard InChI is InChI=1S/C18H19FN2OS/c19-17-6-2-1-4-15(17)7-8-18(22)21-11-9-20(10-12-21)14-16-5-3-13-23-16/h1-8,13H,9-12,14H2/b8-7+. The Morgan fingerprint density at radius 2 is 1.91 bits per heavy atom. The third-order valence-electron chi connectivity index (χ3n) is 3.95. The van der Waals surface area contributed by atoms with Crippen LogP contribution >= 0.6 is 11.3 Å². The summed E-state index contributed by atoms with van der Waals surface area (Å²) in [6, 6.07) is 10.7. The lowest BCUT2D eigenvalue weighted by molar-refractivity contribution is -0.127. The van der Waals surface area contributed by atoms with Crippen LogP contribution in [0.25, 0.3) is 6.08 Å². The van der Waals surface area contributed by atoms with Gasteiger partial charge in [-0.25, -0.2) is 4.39 Å². The first kappa shape index (κ1) is 15.9. The number of thiophene rings is 1. The van der Waals surface area contributed by atoms with Crippen LogP contribution in [0.1, 0.15) is 10.4 Å². The Balaban J connectivity index is 1.51. The molecule has 3 nitrogen and oxygen atoms in total. The first-order valence-electron chi connectivity index (χ1n) is 7.68. The van der Waals surface area contributed by atoms with Crippen molar-refractivity contribution in [1.29, 1.82) is 0 Å². The quantitative estimate of drug-likeness (QED) is 0.804. The topological polar surface area (TPSA) is 23.6 Å². The number of carbonyl (C=O) groups is 1. The highest BCUT2D eigenvalue weighted by atomic mass is 32.1.